The van der Waals surface area contributed by atoms with Gasteiger partial charge in [-0.15, -0.1) is 0 Å². The van der Waals surface area contributed by atoms with Crippen LogP contribution >= 0.6 is 0 Å². The molecule has 0 unspecified atom stereocenters. The number of carbonyl (C=O) groups is 1. The van der Waals surface area contributed by atoms with Crippen LogP contribution in [-0.4, -0.2) is 63.2 Å². The minimum atomic E-state index is 0.226. The Morgan fingerprint density at radius 3 is 2.88 bits per heavy atom. The fraction of sp³-hybridized carbons (Fsp3) is 0.923. The topological polar surface area (TPSA) is 32.8 Å². The number of amides is 1. The molecule has 0 N–H and O–H groups in total. The maximum atomic E-state index is 11.5. The van der Waals surface area contributed by atoms with Gasteiger partial charge < -0.3 is 14.5 Å². The Balaban J connectivity index is 2.22. The van der Waals surface area contributed by atoms with Crippen LogP contribution in [0.1, 0.15) is 25.7 Å². The predicted molar refractivity (Wildman–Crippen MR) is 69.0 cm³/mol. The summed E-state index contributed by atoms with van der Waals surface area (Å²) in [6, 6.07) is 0. The van der Waals surface area contributed by atoms with Crippen molar-refractivity contribution < 1.29 is 9.53 Å². The number of hydrogen-bond donors (Lipinski definition) is 0. The van der Waals surface area contributed by atoms with Crippen LogP contribution in [0.4, 0.5) is 0 Å². The molecule has 0 spiro atoms. The van der Waals surface area contributed by atoms with E-state index in [4.69, 9.17) is 4.74 Å². The molecule has 0 aromatic rings. The van der Waals surface area contributed by atoms with E-state index in [2.05, 4.69) is 4.90 Å². The van der Waals surface area contributed by atoms with Crippen molar-refractivity contribution in [1.82, 2.24) is 9.80 Å². The van der Waals surface area contributed by atoms with Gasteiger partial charge in [-0.1, -0.05) is 0 Å². The molecule has 0 aromatic heterocycles. The molecular formula is C13H26N2O2. The molecule has 0 radical (unpaired) electrons. The van der Waals surface area contributed by atoms with Crippen LogP contribution in [0.3, 0.4) is 0 Å². The van der Waals surface area contributed by atoms with Crippen LogP contribution in [0, 0.1) is 5.92 Å². The van der Waals surface area contributed by atoms with Gasteiger partial charge in [-0.2, -0.15) is 0 Å². The maximum Gasteiger partial charge on any atom is 0.223 e. The molecule has 4 heteroatoms. The third-order valence-corrected chi connectivity index (χ3v) is 3.47. The largest absolute Gasteiger partial charge is 0.385 e. The highest BCUT2D eigenvalue weighted by atomic mass is 16.5. The van der Waals surface area contributed by atoms with Crippen molar-refractivity contribution in [3.63, 3.8) is 0 Å². The number of ether oxygens (including phenoxy) is 1. The first-order valence-corrected chi connectivity index (χ1v) is 6.55. The third-order valence-electron chi connectivity index (χ3n) is 3.47. The van der Waals surface area contributed by atoms with Crippen LogP contribution in [0.5, 0.6) is 0 Å². The van der Waals surface area contributed by atoms with Crippen LogP contribution in [0.2, 0.25) is 0 Å². The molecule has 0 aromatic carbocycles. The summed E-state index contributed by atoms with van der Waals surface area (Å²) in [4.78, 5) is 15.6. The van der Waals surface area contributed by atoms with E-state index in [1.165, 1.54) is 12.8 Å². The van der Waals surface area contributed by atoms with Crippen molar-refractivity contribution >= 4 is 5.91 Å². The Hall–Kier alpha value is -0.610. The highest BCUT2D eigenvalue weighted by Gasteiger charge is 2.20. The molecule has 1 aliphatic rings. The molecule has 1 aliphatic heterocycles. The Bertz CT molecular complexity index is 231. The lowest BCUT2D eigenvalue weighted by molar-refractivity contribution is -0.129. The first-order chi connectivity index (χ1) is 8.13. The van der Waals surface area contributed by atoms with Crippen LogP contribution < -0.4 is 0 Å². The molecule has 4 nitrogen and oxygen atoms in total. The number of piperidine rings is 1. The zero-order chi connectivity index (χ0) is 12.7. The normalized spacial score (nSPS) is 21.5. The highest BCUT2D eigenvalue weighted by molar-refractivity contribution is 5.75. The molecule has 1 saturated heterocycles. The number of methoxy groups -OCH3 is 1. The van der Waals surface area contributed by atoms with Crippen molar-refractivity contribution in [2.75, 3.05) is 47.4 Å². The van der Waals surface area contributed by atoms with E-state index in [0.29, 0.717) is 6.42 Å². The molecular weight excluding hydrogens is 216 g/mol. The molecule has 0 aliphatic carbocycles. The maximum absolute atomic E-state index is 11.5. The van der Waals surface area contributed by atoms with Crippen LogP contribution in [0.15, 0.2) is 0 Å². The predicted octanol–water partition coefficient (Wildman–Crippen LogP) is 1.21. The van der Waals surface area contributed by atoms with Gasteiger partial charge in [-0.3, -0.25) is 4.79 Å². The number of likely N-dealkylation sites (tertiary alicyclic amines) is 1. The molecule has 1 amide bonds. The standard InChI is InChI=1S/C13H26N2O2/c1-14(2)13(16)6-9-15-8-4-5-12(11-15)7-10-17-3/h12H,4-11H2,1-3H3/t12-/m0/s1. The van der Waals surface area contributed by atoms with Crippen LogP contribution in [-0.2, 0) is 9.53 Å². The minimum Gasteiger partial charge on any atom is -0.385 e. The Morgan fingerprint density at radius 1 is 1.47 bits per heavy atom. The number of rotatable bonds is 6. The van der Waals surface area contributed by atoms with Gasteiger partial charge in [0.2, 0.25) is 5.91 Å². The van der Waals surface area contributed by atoms with Crippen molar-refractivity contribution in [1.29, 1.82) is 0 Å². The van der Waals surface area contributed by atoms with E-state index in [0.717, 1.165) is 38.6 Å². The Morgan fingerprint density at radius 2 is 2.24 bits per heavy atom. The van der Waals surface area contributed by atoms with Gasteiger partial charge in [-0.05, 0) is 31.7 Å². The number of nitrogens with zero attached hydrogens (tertiary/aromatic N) is 2. The first-order valence-electron chi connectivity index (χ1n) is 6.55. The van der Waals surface area contributed by atoms with Crippen LogP contribution in [0.25, 0.3) is 0 Å². The third kappa shape index (κ3) is 5.50. The summed E-state index contributed by atoms with van der Waals surface area (Å²) in [5.74, 6) is 0.974. The zero-order valence-corrected chi connectivity index (χ0v) is 11.4. The Kier molecular flexibility index (Phi) is 6.52. The van der Waals surface area contributed by atoms with Gasteiger partial charge in [-0.25, -0.2) is 0 Å². The van der Waals surface area contributed by atoms with E-state index in [9.17, 15) is 4.79 Å². The van der Waals surface area contributed by atoms with Gasteiger partial charge >= 0.3 is 0 Å². The Labute approximate surface area is 105 Å². The number of carbonyl (C=O) groups excluding carboxylic acids is 1. The van der Waals surface area contributed by atoms with Gasteiger partial charge in [0.15, 0.2) is 0 Å². The lowest BCUT2D eigenvalue weighted by Crippen LogP contribution is -2.38. The lowest BCUT2D eigenvalue weighted by atomic mass is 9.95. The first kappa shape index (κ1) is 14.5. The van der Waals surface area contributed by atoms with Crippen molar-refractivity contribution in [3.8, 4) is 0 Å². The van der Waals surface area contributed by atoms with Gasteiger partial charge in [0, 0.05) is 47.3 Å². The summed E-state index contributed by atoms with van der Waals surface area (Å²) in [5, 5.41) is 0. The molecule has 1 rings (SSSR count). The van der Waals surface area contributed by atoms with E-state index < -0.39 is 0 Å². The van der Waals surface area contributed by atoms with E-state index in [1.807, 2.05) is 14.1 Å². The summed E-state index contributed by atoms with van der Waals surface area (Å²) in [5.41, 5.74) is 0. The molecule has 1 heterocycles. The van der Waals surface area contributed by atoms with Gasteiger partial charge in [0.25, 0.3) is 0 Å². The second kappa shape index (κ2) is 7.67. The average molecular weight is 242 g/mol. The molecule has 1 fully saturated rings. The zero-order valence-electron chi connectivity index (χ0n) is 11.4. The van der Waals surface area contributed by atoms with E-state index >= 15 is 0 Å². The quantitative estimate of drug-likeness (QED) is 0.702. The molecule has 0 bridgehead atoms. The summed E-state index contributed by atoms with van der Waals surface area (Å²) < 4.78 is 5.13. The molecule has 17 heavy (non-hydrogen) atoms. The van der Waals surface area contributed by atoms with Gasteiger partial charge in [0.1, 0.15) is 0 Å². The fourth-order valence-corrected chi connectivity index (χ4v) is 2.35. The van der Waals surface area contributed by atoms with E-state index in [-0.39, 0.29) is 5.91 Å². The van der Waals surface area contributed by atoms with Crippen molar-refractivity contribution in [3.05, 3.63) is 0 Å². The molecule has 0 saturated carbocycles. The second-order valence-electron chi connectivity index (χ2n) is 5.13. The lowest BCUT2D eigenvalue weighted by Gasteiger charge is -2.32. The SMILES string of the molecule is COCC[C@@H]1CCCN(CCC(=O)N(C)C)C1. The highest BCUT2D eigenvalue weighted by Crippen LogP contribution is 2.19. The smallest absolute Gasteiger partial charge is 0.223 e. The molecule has 1 atom stereocenters. The monoisotopic (exact) mass is 242 g/mol. The van der Waals surface area contributed by atoms with Crippen molar-refractivity contribution in [2.24, 2.45) is 5.92 Å². The average Bonchev–Trinajstić information content (AvgIpc) is 2.33. The second-order valence-corrected chi connectivity index (χ2v) is 5.13. The fourth-order valence-electron chi connectivity index (χ4n) is 2.35. The summed E-state index contributed by atoms with van der Waals surface area (Å²) >= 11 is 0. The molecule has 100 valence electrons. The van der Waals surface area contributed by atoms with E-state index in [1.54, 1.807) is 12.0 Å². The summed E-state index contributed by atoms with van der Waals surface area (Å²) in [7, 11) is 5.40. The van der Waals surface area contributed by atoms with Gasteiger partial charge in [0.05, 0.1) is 0 Å². The minimum absolute atomic E-state index is 0.226. The van der Waals surface area contributed by atoms with Crippen molar-refractivity contribution in [2.45, 2.75) is 25.7 Å². The summed E-state index contributed by atoms with van der Waals surface area (Å²) in [6.45, 7) is 4.03. The summed E-state index contributed by atoms with van der Waals surface area (Å²) in [6.07, 6.45) is 4.35. The number of hydrogen-bond acceptors (Lipinski definition) is 3.